The molecule has 43 heavy (non-hydrogen) atoms. The summed E-state index contributed by atoms with van der Waals surface area (Å²) >= 11 is 8.57. The Balaban J connectivity index is 1.29. The smallest absolute Gasteiger partial charge is 0.191 e. The molecule has 0 unspecified atom stereocenters. The quantitative estimate of drug-likeness (QED) is 0.0878. The molecule has 0 atom stereocenters. The number of anilines is 1. The van der Waals surface area contributed by atoms with Gasteiger partial charge in [-0.1, -0.05) is 22.0 Å². The maximum absolute atomic E-state index is 15.2. The first kappa shape index (κ1) is 30.6. The fourth-order valence-electron chi connectivity index (χ4n) is 4.57. The molecule has 224 valence electrons. The Labute approximate surface area is 263 Å². The van der Waals surface area contributed by atoms with E-state index >= 15 is 4.39 Å². The SMILES string of the molecule is COc1cc2c(Oc3ccc(/C=N/N(C(N)=S)c4cccc(Br)c4)cc3F)ccnc2cc1OCCCN1CCOCC1. The third kappa shape index (κ3) is 7.96. The van der Waals surface area contributed by atoms with Crippen LogP contribution < -0.4 is 25.0 Å². The summed E-state index contributed by atoms with van der Waals surface area (Å²) in [5.74, 6) is 1.04. The number of aromatic nitrogens is 1. The number of nitrogens with zero attached hydrogens (tertiary/aromatic N) is 4. The van der Waals surface area contributed by atoms with E-state index in [9.17, 15) is 0 Å². The third-order valence-electron chi connectivity index (χ3n) is 6.73. The predicted molar refractivity (Wildman–Crippen MR) is 173 cm³/mol. The molecule has 2 heterocycles. The van der Waals surface area contributed by atoms with Crippen LogP contribution in [0.25, 0.3) is 10.9 Å². The lowest BCUT2D eigenvalue weighted by Gasteiger charge is -2.26. The first-order valence-electron chi connectivity index (χ1n) is 13.7. The minimum atomic E-state index is -0.564. The molecule has 1 saturated heterocycles. The van der Waals surface area contributed by atoms with Crippen molar-refractivity contribution >= 4 is 56.1 Å². The molecule has 5 rings (SSSR count). The highest BCUT2D eigenvalue weighted by Gasteiger charge is 2.15. The minimum Gasteiger partial charge on any atom is -0.493 e. The minimum absolute atomic E-state index is 0.0465. The molecule has 3 aromatic carbocycles. The van der Waals surface area contributed by atoms with Gasteiger partial charge >= 0.3 is 0 Å². The number of hydrogen-bond donors (Lipinski definition) is 1. The summed E-state index contributed by atoms with van der Waals surface area (Å²) in [7, 11) is 1.58. The van der Waals surface area contributed by atoms with Crippen LogP contribution in [0.4, 0.5) is 10.1 Å². The molecule has 1 aliphatic heterocycles. The van der Waals surface area contributed by atoms with Crippen LogP contribution in [-0.2, 0) is 4.74 Å². The van der Waals surface area contributed by atoms with E-state index in [0.29, 0.717) is 46.0 Å². The van der Waals surface area contributed by atoms with Crippen molar-refractivity contribution in [1.82, 2.24) is 9.88 Å². The molecule has 0 bridgehead atoms. The molecule has 12 heteroatoms. The molecule has 1 aliphatic rings. The Morgan fingerprint density at radius 2 is 1.95 bits per heavy atom. The molecule has 0 radical (unpaired) electrons. The summed E-state index contributed by atoms with van der Waals surface area (Å²) in [5, 5.41) is 6.45. The topological polar surface area (TPSA) is 94.7 Å². The molecular formula is C31H31BrFN5O4S. The summed E-state index contributed by atoms with van der Waals surface area (Å²) in [6.45, 7) is 4.90. The van der Waals surface area contributed by atoms with Gasteiger partial charge in [0.2, 0.25) is 0 Å². The second-order valence-electron chi connectivity index (χ2n) is 9.65. The molecule has 4 aromatic rings. The van der Waals surface area contributed by atoms with Crippen LogP contribution in [0.1, 0.15) is 12.0 Å². The number of fused-ring (bicyclic) bond motifs is 1. The molecule has 1 fully saturated rings. The summed E-state index contributed by atoms with van der Waals surface area (Å²) < 4.78 is 39.1. The monoisotopic (exact) mass is 667 g/mol. The zero-order valence-electron chi connectivity index (χ0n) is 23.5. The Bertz CT molecular complexity index is 1620. The molecule has 2 N–H and O–H groups in total. The zero-order chi connectivity index (χ0) is 30.2. The molecule has 0 saturated carbocycles. The second kappa shape index (κ2) is 14.6. The van der Waals surface area contributed by atoms with Gasteiger partial charge in [-0.05, 0) is 72.7 Å². The van der Waals surface area contributed by atoms with Gasteiger partial charge in [0.15, 0.2) is 28.2 Å². The normalized spacial score (nSPS) is 13.7. The van der Waals surface area contributed by atoms with Crippen LogP contribution in [-0.4, -0.2) is 67.8 Å². The van der Waals surface area contributed by atoms with Gasteiger partial charge in [0.25, 0.3) is 0 Å². The molecular weight excluding hydrogens is 637 g/mol. The Morgan fingerprint density at radius 3 is 2.70 bits per heavy atom. The van der Waals surface area contributed by atoms with E-state index in [4.69, 9.17) is 36.9 Å². The van der Waals surface area contributed by atoms with Gasteiger partial charge < -0.3 is 24.7 Å². The van der Waals surface area contributed by atoms with E-state index < -0.39 is 5.82 Å². The van der Waals surface area contributed by atoms with Crippen molar-refractivity contribution in [2.24, 2.45) is 10.8 Å². The van der Waals surface area contributed by atoms with Crippen molar-refractivity contribution < 1.29 is 23.3 Å². The van der Waals surface area contributed by atoms with Gasteiger partial charge in [-0.25, -0.2) is 9.40 Å². The van der Waals surface area contributed by atoms with Crippen LogP contribution in [0.2, 0.25) is 0 Å². The van der Waals surface area contributed by atoms with Crippen LogP contribution in [0.3, 0.4) is 0 Å². The highest BCUT2D eigenvalue weighted by atomic mass is 79.9. The number of methoxy groups -OCH3 is 1. The predicted octanol–water partition coefficient (Wildman–Crippen LogP) is 6.12. The molecule has 0 spiro atoms. The lowest BCUT2D eigenvalue weighted by Crippen LogP contribution is -2.37. The number of benzene rings is 3. The van der Waals surface area contributed by atoms with Gasteiger partial charge in [-0.2, -0.15) is 5.10 Å². The number of morpholine rings is 1. The standard InChI is InChI=1S/C31H31BrFN5O4S/c1-39-29-18-24-26(19-30(29)41-13-3-10-37-11-14-40-15-12-37)35-9-8-27(24)42-28-7-6-21(16-25(28)33)20-36-38(31(34)43)23-5-2-4-22(32)17-23/h2,4-9,16-20H,3,10-15H2,1H3,(H2,34,43)/b36-20+. The number of halogens is 2. The average molecular weight is 669 g/mol. The lowest BCUT2D eigenvalue weighted by molar-refractivity contribution is 0.0357. The van der Waals surface area contributed by atoms with E-state index in [1.54, 1.807) is 31.5 Å². The van der Waals surface area contributed by atoms with Crippen molar-refractivity contribution in [3.8, 4) is 23.0 Å². The fraction of sp³-hybridized carbons (Fsp3) is 0.258. The number of nitrogens with two attached hydrogens (primary N) is 1. The summed E-state index contributed by atoms with van der Waals surface area (Å²) in [5.41, 5.74) is 7.66. The highest BCUT2D eigenvalue weighted by Crippen LogP contribution is 2.37. The van der Waals surface area contributed by atoms with E-state index in [0.717, 1.165) is 43.7 Å². The lowest BCUT2D eigenvalue weighted by atomic mass is 10.1. The van der Waals surface area contributed by atoms with Crippen LogP contribution in [0.15, 0.2) is 76.4 Å². The van der Waals surface area contributed by atoms with Crippen molar-refractivity contribution in [2.75, 3.05) is 51.6 Å². The summed E-state index contributed by atoms with van der Waals surface area (Å²) in [4.78, 5) is 6.83. The van der Waals surface area contributed by atoms with Crippen molar-refractivity contribution in [2.45, 2.75) is 6.42 Å². The largest absolute Gasteiger partial charge is 0.493 e. The molecule has 0 amide bonds. The van der Waals surface area contributed by atoms with Gasteiger partial charge in [0.1, 0.15) is 5.75 Å². The first-order chi connectivity index (χ1) is 20.9. The number of ether oxygens (including phenoxy) is 4. The van der Waals surface area contributed by atoms with Gasteiger partial charge in [-0.15, -0.1) is 0 Å². The number of hydrazone groups is 1. The van der Waals surface area contributed by atoms with Crippen LogP contribution in [0.5, 0.6) is 23.0 Å². The number of hydrogen-bond acceptors (Lipinski definition) is 8. The molecule has 0 aliphatic carbocycles. The maximum Gasteiger partial charge on any atom is 0.191 e. The van der Waals surface area contributed by atoms with Gasteiger partial charge in [0.05, 0.1) is 44.3 Å². The van der Waals surface area contributed by atoms with Gasteiger partial charge in [-0.3, -0.25) is 9.88 Å². The van der Waals surface area contributed by atoms with Crippen LogP contribution in [0, 0.1) is 5.82 Å². The average Bonchev–Trinajstić information content (AvgIpc) is 3.01. The Hall–Kier alpha value is -3.84. The van der Waals surface area contributed by atoms with Crippen LogP contribution >= 0.6 is 28.1 Å². The van der Waals surface area contributed by atoms with E-state index in [1.807, 2.05) is 30.3 Å². The molecule has 1 aromatic heterocycles. The maximum atomic E-state index is 15.2. The fourth-order valence-corrected chi connectivity index (χ4v) is 5.11. The number of rotatable bonds is 11. The van der Waals surface area contributed by atoms with E-state index in [1.165, 1.54) is 23.4 Å². The Kier molecular flexibility index (Phi) is 10.4. The van der Waals surface area contributed by atoms with Crippen molar-refractivity contribution in [3.05, 3.63) is 82.7 Å². The summed E-state index contributed by atoms with van der Waals surface area (Å²) in [6.07, 6.45) is 3.96. The van der Waals surface area contributed by atoms with Crippen molar-refractivity contribution in [3.63, 3.8) is 0 Å². The first-order valence-corrected chi connectivity index (χ1v) is 14.9. The van der Waals surface area contributed by atoms with E-state index in [-0.39, 0.29) is 10.9 Å². The Morgan fingerprint density at radius 1 is 1.12 bits per heavy atom. The second-order valence-corrected chi connectivity index (χ2v) is 11.0. The number of thiocarbonyl (C=S) groups is 1. The summed E-state index contributed by atoms with van der Waals surface area (Å²) in [6, 6.07) is 17.2. The van der Waals surface area contributed by atoms with Crippen molar-refractivity contribution in [1.29, 1.82) is 0 Å². The molecule has 9 nitrogen and oxygen atoms in total. The zero-order valence-corrected chi connectivity index (χ0v) is 25.9. The number of pyridine rings is 1. The van der Waals surface area contributed by atoms with Gasteiger partial charge in [0, 0.05) is 41.8 Å². The third-order valence-corrected chi connectivity index (χ3v) is 7.39. The van der Waals surface area contributed by atoms with E-state index in [2.05, 4.69) is 30.9 Å². The highest BCUT2D eigenvalue weighted by molar-refractivity contribution is 9.10.